The molecule has 33 heavy (non-hydrogen) atoms. The average Bonchev–Trinajstić information content (AvgIpc) is 3.13. The fourth-order valence-corrected chi connectivity index (χ4v) is 5.17. The minimum Gasteiger partial charge on any atom is -0.309 e. The average molecular weight is 477 g/mol. The molecule has 0 radical (unpaired) electrons. The van der Waals surface area contributed by atoms with Crippen LogP contribution in [0.2, 0.25) is 0 Å². The Labute approximate surface area is 189 Å². The van der Waals surface area contributed by atoms with E-state index in [9.17, 15) is 22.4 Å². The number of carbonyl (C=O) groups is 1. The van der Waals surface area contributed by atoms with Gasteiger partial charge in [0.1, 0.15) is 29.4 Å². The van der Waals surface area contributed by atoms with Crippen LogP contribution in [0.25, 0.3) is 11.0 Å². The molecule has 176 valence electrons. The third-order valence-electron chi connectivity index (χ3n) is 5.99. The molecule has 10 nitrogen and oxygen atoms in total. The lowest BCUT2D eigenvalue weighted by molar-refractivity contribution is -0.120. The van der Waals surface area contributed by atoms with Crippen molar-refractivity contribution in [1.29, 1.82) is 0 Å². The molecule has 1 saturated carbocycles. The van der Waals surface area contributed by atoms with Gasteiger partial charge in [-0.15, -0.1) is 0 Å². The van der Waals surface area contributed by atoms with Crippen molar-refractivity contribution >= 4 is 32.6 Å². The normalized spacial score (nSPS) is 16.1. The van der Waals surface area contributed by atoms with Gasteiger partial charge < -0.3 is 5.32 Å². The van der Waals surface area contributed by atoms with Gasteiger partial charge in [-0.1, -0.05) is 32.1 Å². The van der Waals surface area contributed by atoms with Crippen LogP contribution in [0.4, 0.5) is 10.2 Å². The standard InChI is InChI=1S/C21H25FN6O4S/c1-27-18-17(20(26-27)33(2,31)32)21(30)28(12-24-18)15(10-13-6-4-3-5-7-13)19(29)25-16-9-8-14(22)11-23-16/h8-9,11-13,15H,3-7,10H2,1-2H3,(H,23,25,29). The SMILES string of the molecule is Cn1nc(S(C)(=O)=O)c2c(=O)n(C(CC3CCCCC3)C(=O)Nc3ccc(F)cn3)cnc21. The van der Waals surface area contributed by atoms with Crippen molar-refractivity contribution in [2.75, 3.05) is 11.6 Å². The number of anilines is 1. The molecule has 0 aliphatic heterocycles. The molecule has 0 spiro atoms. The molecule has 1 aliphatic carbocycles. The molecule has 1 amide bonds. The lowest BCUT2D eigenvalue weighted by Gasteiger charge is -2.27. The Balaban J connectivity index is 1.78. The molecule has 1 fully saturated rings. The van der Waals surface area contributed by atoms with E-state index < -0.39 is 33.2 Å². The van der Waals surface area contributed by atoms with Crippen molar-refractivity contribution in [1.82, 2.24) is 24.3 Å². The molecule has 1 N–H and O–H groups in total. The number of amides is 1. The third kappa shape index (κ3) is 4.80. The number of aromatic nitrogens is 5. The van der Waals surface area contributed by atoms with Gasteiger partial charge in [0.25, 0.3) is 5.56 Å². The molecular formula is C21H25FN6O4S. The van der Waals surface area contributed by atoms with Crippen LogP contribution in [0.1, 0.15) is 44.6 Å². The van der Waals surface area contributed by atoms with Crippen LogP contribution in [-0.2, 0) is 21.7 Å². The topological polar surface area (TPSA) is 129 Å². The summed E-state index contributed by atoms with van der Waals surface area (Å²) in [5.74, 6) is -0.674. The monoisotopic (exact) mass is 476 g/mol. The summed E-state index contributed by atoms with van der Waals surface area (Å²) in [6.07, 6.45) is 8.69. The van der Waals surface area contributed by atoms with E-state index >= 15 is 0 Å². The Bertz CT molecular complexity index is 1340. The highest BCUT2D eigenvalue weighted by Gasteiger charge is 2.30. The summed E-state index contributed by atoms with van der Waals surface area (Å²) in [4.78, 5) is 34.8. The first-order valence-electron chi connectivity index (χ1n) is 10.7. The van der Waals surface area contributed by atoms with Crippen molar-refractivity contribution in [2.45, 2.75) is 49.6 Å². The Morgan fingerprint density at radius 3 is 2.61 bits per heavy atom. The fraction of sp³-hybridized carbons (Fsp3) is 0.476. The van der Waals surface area contributed by atoms with Gasteiger partial charge in [0.15, 0.2) is 20.5 Å². The number of fused-ring (bicyclic) bond motifs is 1. The van der Waals surface area contributed by atoms with Crippen LogP contribution < -0.4 is 10.9 Å². The first kappa shape index (κ1) is 23.0. The van der Waals surface area contributed by atoms with Crippen molar-refractivity contribution in [3.63, 3.8) is 0 Å². The van der Waals surface area contributed by atoms with E-state index in [1.807, 2.05) is 0 Å². The van der Waals surface area contributed by atoms with Gasteiger partial charge in [-0.2, -0.15) is 5.10 Å². The lowest BCUT2D eigenvalue weighted by Crippen LogP contribution is -2.35. The second-order valence-corrected chi connectivity index (χ2v) is 10.4. The minimum atomic E-state index is -3.80. The summed E-state index contributed by atoms with van der Waals surface area (Å²) in [5.41, 5.74) is -0.537. The molecule has 4 rings (SSSR count). The van der Waals surface area contributed by atoms with E-state index in [0.717, 1.165) is 44.6 Å². The van der Waals surface area contributed by atoms with Crippen molar-refractivity contribution in [2.24, 2.45) is 13.0 Å². The molecule has 1 aliphatic rings. The maximum absolute atomic E-state index is 13.5. The predicted octanol–water partition coefficient (Wildman–Crippen LogP) is 2.22. The number of nitrogens with one attached hydrogen (secondary N) is 1. The van der Waals surface area contributed by atoms with Crippen molar-refractivity contribution in [3.05, 3.63) is 40.8 Å². The molecule has 0 bridgehead atoms. The maximum Gasteiger partial charge on any atom is 0.266 e. The zero-order chi connectivity index (χ0) is 23.8. The molecule has 3 aromatic rings. The Morgan fingerprint density at radius 2 is 1.97 bits per heavy atom. The van der Waals surface area contributed by atoms with Crippen LogP contribution in [0.5, 0.6) is 0 Å². The van der Waals surface area contributed by atoms with E-state index in [1.165, 1.54) is 34.8 Å². The third-order valence-corrected chi connectivity index (χ3v) is 6.98. The summed E-state index contributed by atoms with van der Waals surface area (Å²) in [5, 5.41) is 6.08. The molecular weight excluding hydrogens is 451 g/mol. The van der Waals surface area contributed by atoms with E-state index in [1.54, 1.807) is 0 Å². The highest BCUT2D eigenvalue weighted by atomic mass is 32.2. The smallest absolute Gasteiger partial charge is 0.266 e. The number of sulfone groups is 1. The number of aryl methyl sites for hydroxylation is 1. The van der Waals surface area contributed by atoms with Crippen LogP contribution in [0.15, 0.2) is 34.5 Å². The summed E-state index contributed by atoms with van der Waals surface area (Å²) in [7, 11) is -2.30. The Kier molecular flexibility index (Phi) is 6.28. The molecule has 12 heteroatoms. The summed E-state index contributed by atoms with van der Waals surface area (Å²) < 4.78 is 40.1. The molecule has 0 saturated heterocycles. The molecule has 0 aromatic carbocycles. The van der Waals surface area contributed by atoms with Gasteiger partial charge in [0, 0.05) is 13.3 Å². The quantitative estimate of drug-likeness (QED) is 0.577. The van der Waals surface area contributed by atoms with Gasteiger partial charge in [-0.05, 0) is 24.5 Å². The summed E-state index contributed by atoms with van der Waals surface area (Å²) in [6.45, 7) is 0. The Hall–Kier alpha value is -3.15. The number of pyridine rings is 1. The van der Waals surface area contributed by atoms with Gasteiger partial charge in [-0.3, -0.25) is 14.2 Å². The second kappa shape index (κ2) is 9.00. The summed E-state index contributed by atoms with van der Waals surface area (Å²) >= 11 is 0. The predicted molar refractivity (Wildman–Crippen MR) is 119 cm³/mol. The van der Waals surface area contributed by atoms with E-state index in [-0.39, 0.29) is 27.8 Å². The highest BCUT2D eigenvalue weighted by Crippen LogP contribution is 2.31. The molecule has 1 unspecified atom stereocenters. The number of hydrogen-bond acceptors (Lipinski definition) is 7. The largest absolute Gasteiger partial charge is 0.309 e. The van der Waals surface area contributed by atoms with Gasteiger partial charge in [0.05, 0.1) is 6.20 Å². The van der Waals surface area contributed by atoms with Gasteiger partial charge in [-0.25, -0.2) is 27.5 Å². The number of hydrogen-bond donors (Lipinski definition) is 1. The fourth-order valence-electron chi connectivity index (χ4n) is 4.35. The number of rotatable bonds is 6. The number of halogens is 1. The first-order chi connectivity index (χ1) is 15.6. The van der Waals surface area contributed by atoms with E-state index in [0.29, 0.717) is 6.42 Å². The molecule has 3 heterocycles. The minimum absolute atomic E-state index is 0.119. The number of nitrogens with zero attached hydrogens (tertiary/aromatic N) is 5. The Morgan fingerprint density at radius 1 is 1.24 bits per heavy atom. The number of carbonyl (C=O) groups excluding carboxylic acids is 1. The van der Waals surface area contributed by atoms with E-state index in [2.05, 4.69) is 20.4 Å². The zero-order valence-corrected chi connectivity index (χ0v) is 19.2. The van der Waals surface area contributed by atoms with Crippen LogP contribution >= 0.6 is 0 Å². The lowest BCUT2D eigenvalue weighted by atomic mass is 9.84. The van der Waals surface area contributed by atoms with Crippen molar-refractivity contribution in [3.8, 4) is 0 Å². The maximum atomic E-state index is 13.5. The second-order valence-electron chi connectivity index (χ2n) is 8.46. The van der Waals surface area contributed by atoms with Crippen LogP contribution in [0.3, 0.4) is 0 Å². The van der Waals surface area contributed by atoms with Gasteiger partial charge >= 0.3 is 0 Å². The summed E-state index contributed by atoms with van der Waals surface area (Å²) in [6, 6.07) is 1.56. The van der Waals surface area contributed by atoms with E-state index in [4.69, 9.17) is 0 Å². The van der Waals surface area contributed by atoms with Crippen LogP contribution in [-0.4, -0.2) is 44.9 Å². The first-order valence-corrected chi connectivity index (χ1v) is 12.6. The van der Waals surface area contributed by atoms with Crippen molar-refractivity contribution < 1.29 is 17.6 Å². The van der Waals surface area contributed by atoms with Crippen LogP contribution in [0, 0.1) is 11.7 Å². The molecule has 3 aromatic heterocycles. The molecule has 1 atom stereocenters. The van der Waals surface area contributed by atoms with Gasteiger partial charge in [0.2, 0.25) is 5.91 Å². The highest BCUT2D eigenvalue weighted by molar-refractivity contribution is 7.90. The zero-order valence-electron chi connectivity index (χ0n) is 18.4.